The van der Waals surface area contributed by atoms with Crippen molar-refractivity contribution in [2.24, 2.45) is 10.7 Å². The van der Waals surface area contributed by atoms with E-state index in [0.717, 1.165) is 25.1 Å². The molecule has 0 bridgehead atoms. The fraction of sp³-hybridized carbons (Fsp3) is 0.588. The van der Waals surface area contributed by atoms with Crippen LogP contribution in [0, 0.1) is 0 Å². The summed E-state index contributed by atoms with van der Waals surface area (Å²) in [6, 6.07) is 6.37. The topological polar surface area (TPSA) is 62.4 Å². The van der Waals surface area contributed by atoms with Crippen LogP contribution in [0.15, 0.2) is 23.2 Å². The third-order valence-corrected chi connectivity index (χ3v) is 3.30. The number of anilines is 1. The van der Waals surface area contributed by atoms with E-state index < -0.39 is 0 Å². The Kier molecular flexibility index (Phi) is 6.69. The molecule has 0 unspecified atom stereocenters. The number of benzene rings is 1. The van der Waals surface area contributed by atoms with E-state index in [1.807, 2.05) is 0 Å². The molecule has 1 rings (SSSR count). The van der Waals surface area contributed by atoms with E-state index in [1.165, 1.54) is 11.1 Å². The molecule has 4 N–H and O–H groups in total. The van der Waals surface area contributed by atoms with Gasteiger partial charge in [0, 0.05) is 17.8 Å². The van der Waals surface area contributed by atoms with E-state index in [9.17, 15) is 0 Å². The van der Waals surface area contributed by atoms with Crippen molar-refractivity contribution < 1.29 is 0 Å². The van der Waals surface area contributed by atoms with Crippen molar-refractivity contribution in [3.8, 4) is 0 Å². The molecule has 0 radical (unpaired) electrons. The smallest absolute Gasteiger partial charge is 0.193 e. The van der Waals surface area contributed by atoms with Gasteiger partial charge in [-0.1, -0.05) is 32.0 Å². The van der Waals surface area contributed by atoms with E-state index in [-0.39, 0.29) is 5.54 Å². The van der Waals surface area contributed by atoms with Crippen LogP contribution in [0.2, 0.25) is 0 Å². The van der Waals surface area contributed by atoms with Crippen LogP contribution in [0.1, 0.15) is 45.7 Å². The Hall–Kier alpha value is -1.55. The molecule has 0 saturated carbocycles. The lowest BCUT2D eigenvalue weighted by atomic mass is 10.0. The van der Waals surface area contributed by atoms with Crippen molar-refractivity contribution >= 4 is 11.6 Å². The van der Waals surface area contributed by atoms with Crippen molar-refractivity contribution in [3.05, 3.63) is 29.3 Å². The number of nitrogens with zero attached hydrogens (tertiary/aromatic N) is 1. The molecule has 1 aromatic rings. The fourth-order valence-corrected chi connectivity index (χ4v) is 2.18. The standard InChI is InChI=1S/C17H30N4/c1-6-13-9-8-10-14(7-2)15(13)21-16(18)19-11-12-20-17(3,4)5/h8-10,20H,6-7,11-12H2,1-5H3,(H3,18,19,21). The summed E-state index contributed by atoms with van der Waals surface area (Å²) >= 11 is 0. The van der Waals surface area contributed by atoms with Gasteiger partial charge < -0.3 is 16.4 Å². The second kappa shape index (κ2) is 8.03. The summed E-state index contributed by atoms with van der Waals surface area (Å²) in [5.41, 5.74) is 9.80. The highest BCUT2D eigenvalue weighted by Gasteiger charge is 2.08. The predicted octanol–water partition coefficient (Wildman–Crippen LogP) is 2.93. The van der Waals surface area contributed by atoms with Crippen LogP contribution in [0.3, 0.4) is 0 Å². The summed E-state index contributed by atoms with van der Waals surface area (Å²) < 4.78 is 0. The van der Waals surface area contributed by atoms with Crippen molar-refractivity contribution in [3.63, 3.8) is 0 Å². The molecular formula is C17H30N4. The average molecular weight is 290 g/mol. The molecule has 4 nitrogen and oxygen atoms in total. The van der Waals surface area contributed by atoms with Crippen molar-refractivity contribution in [2.75, 3.05) is 18.4 Å². The molecule has 0 amide bonds. The number of aliphatic imine (C=N–C) groups is 1. The Balaban J connectivity index is 2.67. The molecule has 0 heterocycles. The first-order valence-electron chi connectivity index (χ1n) is 7.80. The van der Waals surface area contributed by atoms with Gasteiger partial charge in [0.25, 0.3) is 0 Å². The summed E-state index contributed by atoms with van der Waals surface area (Å²) in [5, 5.41) is 6.67. The molecule has 4 heteroatoms. The Labute approximate surface area is 129 Å². The third-order valence-electron chi connectivity index (χ3n) is 3.30. The summed E-state index contributed by atoms with van der Waals surface area (Å²) in [6.45, 7) is 12.2. The highest BCUT2D eigenvalue weighted by atomic mass is 15.1. The van der Waals surface area contributed by atoms with Gasteiger partial charge in [-0.3, -0.25) is 4.99 Å². The Morgan fingerprint density at radius 1 is 1.14 bits per heavy atom. The average Bonchev–Trinajstić information content (AvgIpc) is 2.43. The summed E-state index contributed by atoms with van der Waals surface area (Å²) in [4.78, 5) is 4.39. The molecule has 1 aromatic carbocycles. The second-order valence-electron chi connectivity index (χ2n) is 6.23. The van der Waals surface area contributed by atoms with Gasteiger partial charge in [-0.25, -0.2) is 0 Å². The lowest BCUT2D eigenvalue weighted by molar-refractivity contribution is 0.433. The van der Waals surface area contributed by atoms with Crippen LogP contribution in [-0.4, -0.2) is 24.6 Å². The minimum Gasteiger partial charge on any atom is -0.370 e. The zero-order valence-electron chi connectivity index (χ0n) is 14.1. The molecule has 0 aliphatic rings. The van der Waals surface area contributed by atoms with Crippen LogP contribution >= 0.6 is 0 Å². The number of guanidine groups is 1. The van der Waals surface area contributed by atoms with Crippen molar-refractivity contribution in [1.29, 1.82) is 0 Å². The molecule has 0 atom stereocenters. The van der Waals surface area contributed by atoms with Crippen LogP contribution in [0.5, 0.6) is 0 Å². The molecule has 0 spiro atoms. The van der Waals surface area contributed by atoms with Gasteiger partial charge in [-0.05, 0) is 44.7 Å². The quantitative estimate of drug-likeness (QED) is 0.429. The predicted molar refractivity (Wildman–Crippen MR) is 93.1 cm³/mol. The number of para-hydroxylation sites is 1. The molecule has 118 valence electrons. The molecule has 0 saturated heterocycles. The minimum absolute atomic E-state index is 0.113. The van der Waals surface area contributed by atoms with Gasteiger partial charge in [0.1, 0.15) is 0 Å². The highest BCUT2D eigenvalue weighted by Crippen LogP contribution is 2.22. The summed E-state index contributed by atoms with van der Waals surface area (Å²) in [5.74, 6) is 0.487. The number of hydrogen-bond donors (Lipinski definition) is 3. The molecule has 0 fully saturated rings. The second-order valence-corrected chi connectivity index (χ2v) is 6.23. The largest absolute Gasteiger partial charge is 0.370 e. The number of aryl methyl sites for hydroxylation is 2. The van der Waals surface area contributed by atoms with Gasteiger partial charge in [0.2, 0.25) is 0 Å². The molecule has 0 aliphatic heterocycles. The molecular weight excluding hydrogens is 260 g/mol. The number of hydrogen-bond acceptors (Lipinski definition) is 2. The van der Waals surface area contributed by atoms with E-state index in [1.54, 1.807) is 0 Å². The lowest BCUT2D eigenvalue weighted by Crippen LogP contribution is -2.37. The maximum atomic E-state index is 6.01. The number of nitrogens with one attached hydrogen (secondary N) is 2. The molecule has 0 aromatic heterocycles. The van der Waals surface area contributed by atoms with Gasteiger partial charge in [0.05, 0.1) is 6.54 Å². The van der Waals surface area contributed by atoms with Crippen LogP contribution in [0.25, 0.3) is 0 Å². The van der Waals surface area contributed by atoms with E-state index in [2.05, 4.69) is 68.4 Å². The van der Waals surface area contributed by atoms with Crippen molar-refractivity contribution in [2.45, 2.75) is 53.0 Å². The molecule has 21 heavy (non-hydrogen) atoms. The zero-order valence-corrected chi connectivity index (χ0v) is 14.1. The van der Waals surface area contributed by atoms with Gasteiger partial charge in [0.15, 0.2) is 5.96 Å². The van der Waals surface area contributed by atoms with E-state index in [4.69, 9.17) is 5.73 Å². The first kappa shape index (κ1) is 17.5. The lowest BCUT2D eigenvalue weighted by Gasteiger charge is -2.19. The highest BCUT2D eigenvalue weighted by molar-refractivity contribution is 5.93. The van der Waals surface area contributed by atoms with Gasteiger partial charge in [-0.15, -0.1) is 0 Å². The first-order chi connectivity index (χ1) is 9.87. The van der Waals surface area contributed by atoms with Gasteiger partial charge >= 0.3 is 0 Å². The zero-order chi connectivity index (χ0) is 15.9. The van der Waals surface area contributed by atoms with Gasteiger partial charge in [-0.2, -0.15) is 0 Å². The Bertz CT molecular complexity index is 450. The van der Waals surface area contributed by atoms with Crippen LogP contribution in [-0.2, 0) is 12.8 Å². The van der Waals surface area contributed by atoms with Crippen molar-refractivity contribution in [1.82, 2.24) is 5.32 Å². The minimum atomic E-state index is 0.113. The normalized spacial score (nSPS) is 12.5. The molecule has 0 aliphatic carbocycles. The fourth-order valence-electron chi connectivity index (χ4n) is 2.18. The van der Waals surface area contributed by atoms with Crippen LogP contribution in [0.4, 0.5) is 5.69 Å². The number of rotatable bonds is 6. The Morgan fingerprint density at radius 2 is 1.71 bits per heavy atom. The maximum absolute atomic E-state index is 6.01. The maximum Gasteiger partial charge on any atom is 0.193 e. The Morgan fingerprint density at radius 3 is 2.19 bits per heavy atom. The van der Waals surface area contributed by atoms with E-state index in [0.29, 0.717) is 12.5 Å². The SMILES string of the molecule is CCc1cccc(CC)c1NC(N)=NCCNC(C)(C)C. The first-order valence-corrected chi connectivity index (χ1v) is 7.80. The van der Waals surface area contributed by atoms with Crippen LogP contribution < -0.4 is 16.4 Å². The monoisotopic (exact) mass is 290 g/mol. The summed E-state index contributed by atoms with van der Waals surface area (Å²) in [6.07, 6.45) is 1.96. The number of nitrogens with two attached hydrogens (primary N) is 1. The van der Waals surface area contributed by atoms with E-state index >= 15 is 0 Å². The third kappa shape index (κ3) is 6.17. The summed E-state index contributed by atoms with van der Waals surface area (Å²) in [7, 11) is 0.